The van der Waals surface area contributed by atoms with Crippen molar-refractivity contribution in [2.24, 2.45) is 0 Å². The number of carbonyl (C=O) groups is 2. The zero-order chi connectivity index (χ0) is 8.43. The Kier molecular flexibility index (Phi) is 1.68. The quantitative estimate of drug-likeness (QED) is 0.475. The molecule has 1 atom stereocenters. The van der Waals surface area contributed by atoms with Crippen molar-refractivity contribution < 1.29 is 14.0 Å². The van der Waals surface area contributed by atoms with E-state index in [1.165, 1.54) is 6.07 Å². The van der Waals surface area contributed by atoms with Gasteiger partial charge >= 0.3 is 0 Å². The number of nitrogens with zero attached hydrogens (tertiary/aromatic N) is 1. The van der Waals surface area contributed by atoms with E-state index in [9.17, 15) is 14.0 Å². The number of nitrogens with one attached hydrogen (secondary N) is 1. The van der Waals surface area contributed by atoms with Crippen LogP contribution in [0.1, 0.15) is 0 Å². The van der Waals surface area contributed by atoms with Gasteiger partial charge in [-0.2, -0.15) is 5.26 Å². The van der Waals surface area contributed by atoms with E-state index in [1.807, 2.05) is 0 Å². The van der Waals surface area contributed by atoms with Gasteiger partial charge in [-0.25, -0.2) is 4.39 Å². The molecule has 1 N–H and O–H groups in total. The summed E-state index contributed by atoms with van der Waals surface area (Å²) in [5.41, 5.74) is -0.364. The van der Waals surface area contributed by atoms with E-state index in [1.54, 1.807) is 5.32 Å². The third kappa shape index (κ3) is 1.24. The Balaban J connectivity index is 2.99. The van der Waals surface area contributed by atoms with Crippen LogP contribution in [0.25, 0.3) is 0 Å². The van der Waals surface area contributed by atoms with Gasteiger partial charge in [0.1, 0.15) is 11.6 Å². The van der Waals surface area contributed by atoms with Crippen molar-refractivity contribution in [1.82, 2.24) is 5.32 Å². The van der Waals surface area contributed by atoms with Gasteiger partial charge in [-0.3, -0.25) is 14.9 Å². The first-order chi connectivity index (χ1) is 5.15. The topological polar surface area (TPSA) is 70.0 Å². The van der Waals surface area contributed by atoms with Gasteiger partial charge in [-0.15, -0.1) is 0 Å². The maximum absolute atomic E-state index is 12.4. The van der Waals surface area contributed by atoms with Gasteiger partial charge in [0.15, 0.2) is 6.17 Å². The van der Waals surface area contributed by atoms with E-state index in [-0.39, 0.29) is 5.57 Å². The molecule has 2 amide bonds. The average molecular weight is 154 g/mol. The summed E-state index contributed by atoms with van der Waals surface area (Å²) >= 11 is 0. The second-order valence-corrected chi connectivity index (χ2v) is 1.91. The largest absolute Gasteiger partial charge is 0.289 e. The summed E-state index contributed by atoms with van der Waals surface area (Å²) in [7, 11) is 0. The molecular weight excluding hydrogens is 151 g/mol. The second-order valence-electron chi connectivity index (χ2n) is 1.91. The molecule has 1 heterocycles. The van der Waals surface area contributed by atoms with Crippen molar-refractivity contribution in [1.29, 1.82) is 5.26 Å². The Bertz CT molecular complexity index is 289. The highest BCUT2D eigenvalue weighted by Crippen LogP contribution is 2.05. The van der Waals surface area contributed by atoms with Crippen LogP contribution in [0.3, 0.4) is 0 Å². The number of rotatable bonds is 0. The summed E-state index contributed by atoms with van der Waals surface area (Å²) in [5, 5.41) is 9.89. The normalized spacial score (nSPS) is 23.6. The van der Waals surface area contributed by atoms with Crippen molar-refractivity contribution in [3.8, 4) is 6.07 Å². The van der Waals surface area contributed by atoms with Gasteiger partial charge < -0.3 is 0 Å². The summed E-state index contributed by atoms with van der Waals surface area (Å²) < 4.78 is 12.4. The molecule has 0 aromatic rings. The number of amides is 2. The molecule has 0 fully saturated rings. The highest BCUT2D eigenvalue weighted by Gasteiger charge is 2.26. The minimum atomic E-state index is -1.89. The van der Waals surface area contributed by atoms with Gasteiger partial charge in [0.25, 0.3) is 11.8 Å². The lowest BCUT2D eigenvalue weighted by atomic mass is 10.1. The van der Waals surface area contributed by atoms with Gasteiger partial charge in [0, 0.05) is 0 Å². The number of hydrogen-bond donors (Lipinski definition) is 1. The van der Waals surface area contributed by atoms with Gasteiger partial charge in [-0.05, 0) is 6.08 Å². The lowest BCUT2D eigenvalue weighted by Crippen LogP contribution is -2.40. The van der Waals surface area contributed by atoms with E-state index in [2.05, 4.69) is 0 Å². The van der Waals surface area contributed by atoms with Crippen LogP contribution in [0.5, 0.6) is 0 Å². The summed E-state index contributed by atoms with van der Waals surface area (Å²) in [6.07, 6.45) is -1.19. The third-order valence-electron chi connectivity index (χ3n) is 1.17. The van der Waals surface area contributed by atoms with Crippen LogP contribution in [0.2, 0.25) is 0 Å². The minimum absolute atomic E-state index is 0.364. The van der Waals surface area contributed by atoms with Crippen LogP contribution in [-0.4, -0.2) is 18.0 Å². The number of nitriles is 1. The molecule has 56 valence electrons. The second kappa shape index (κ2) is 2.50. The zero-order valence-electron chi connectivity index (χ0n) is 5.30. The summed E-state index contributed by atoms with van der Waals surface area (Å²) in [6, 6.07) is 1.46. The van der Waals surface area contributed by atoms with Crippen molar-refractivity contribution >= 4 is 11.8 Å². The lowest BCUT2D eigenvalue weighted by molar-refractivity contribution is -0.131. The summed E-state index contributed by atoms with van der Waals surface area (Å²) in [4.78, 5) is 21.0. The molecule has 0 spiro atoms. The first kappa shape index (κ1) is 7.41. The molecule has 1 aliphatic rings. The van der Waals surface area contributed by atoms with Crippen molar-refractivity contribution in [2.45, 2.75) is 6.17 Å². The van der Waals surface area contributed by atoms with Crippen molar-refractivity contribution in [2.75, 3.05) is 0 Å². The summed E-state index contributed by atoms with van der Waals surface area (Å²) in [6.45, 7) is 0. The fourth-order valence-electron chi connectivity index (χ4n) is 0.634. The van der Waals surface area contributed by atoms with E-state index in [0.29, 0.717) is 6.08 Å². The van der Waals surface area contributed by atoms with E-state index >= 15 is 0 Å². The molecule has 1 rings (SSSR count). The molecule has 0 aliphatic carbocycles. The molecular formula is C6H3FN2O2. The maximum Gasteiger partial charge on any atom is 0.268 e. The fourth-order valence-corrected chi connectivity index (χ4v) is 0.634. The summed E-state index contributed by atoms with van der Waals surface area (Å²) in [5.74, 6) is -1.86. The van der Waals surface area contributed by atoms with E-state index < -0.39 is 18.0 Å². The molecule has 4 nitrogen and oxygen atoms in total. The molecule has 0 aromatic carbocycles. The Morgan fingerprint density at radius 3 is 2.82 bits per heavy atom. The molecule has 1 aliphatic heterocycles. The lowest BCUT2D eigenvalue weighted by Gasteiger charge is -2.09. The van der Waals surface area contributed by atoms with Crippen LogP contribution in [0, 0.1) is 11.3 Å². The molecule has 0 saturated carbocycles. The molecule has 0 radical (unpaired) electrons. The first-order valence-corrected chi connectivity index (χ1v) is 2.76. The highest BCUT2D eigenvalue weighted by molar-refractivity contribution is 6.11. The smallest absolute Gasteiger partial charge is 0.268 e. The SMILES string of the molecule is N#CC1=CC(F)C(=O)NC1=O. The van der Waals surface area contributed by atoms with Gasteiger partial charge in [0.2, 0.25) is 0 Å². The number of alkyl halides is 1. The minimum Gasteiger partial charge on any atom is -0.289 e. The number of halogens is 1. The monoisotopic (exact) mass is 154 g/mol. The predicted molar refractivity (Wildman–Crippen MR) is 31.7 cm³/mol. The van der Waals surface area contributed by atoms with Crippen molar-refractivity contribution in [3.63, 3.8) is 0 Å². The highest BCUT2D eigenvalue weighted by atomic mass is 19.1. The number of carbonyl (C=O) groups excluding carboxylic acids is 2. The first-order valence-electron chi connectivity index (χ1n) is 2.76. The van der Waals surface area contributed by atoms with Gasteiger partial charge in [-0.1, -0.05) is 0 Å². The Labute approximate surface area is 61.3 Å². The average Bonchev–Trinajstić information content (AvgIpc) is 1.97. The van der Waals surface area contributed by atoms with Crippen LogP contribution in [-0.2, 0) is 9.59 Å². The number of hydrogen-bond acceptors (Lipinski definition) is 3. The molecule has 0 aromatic heterocycles. The van der Waals surface area contributed by atoms with Crippen LogP contribution in [0.4, 0.5) is 4.39 Å². The Morgan fingerprint density at radius 1 is 1.64 bits per heavy atom. The predicted octanol–water partition coefficient (Wildman–Crippen LogP) is -0.569. The van der Waals surface area contributed by atoms with Gasteiger partial charge in [0.05, 0.1) is 0 Å². The maximum atomic E-state index is 12.4. The Morgan fingerprint density at radius 2 is 2.27 bits per heavy atom. The molecule has 0 bridgehead atoms. The molecule has 11 heavy (non-hydrogen) atoms. The third-order valence-corrected chi connectivity index (χ3v) is 1.17. The standard InChI is InChI=1S/C6H3FN2O2/c7-4-1-3(2-8)5(10)9-6(4)11/h1,4H,(H,9,10,11). The van der Waals surface area contributed by atoms with Crippen LogP contribution < -0.4 is 5.32 Å². The van der Waals surface area contributed by atoms with E-state index in [0.717, 1.165) is 0 Å². The molecule has 5 heteroatoms. The Hall–Kier alpha value is -1.70. The van der Waals surface area contributed by atoms with Crippen LogP contribution in [0.15, 0.2) is 11.6 Å². The molecule has 0 saturated heterocycles. The fraction of sp³-hybridized carbons (Fsp3) is 0.167. The zero-order valence-corrected chi connectivity index (χ0v) is 5.30. The van der Waals surface area contributed by atoms with E-state index in [4.69, 9.17) is 5.26 Å². The number of imide groups is 1. The van der Waals surface area contributed by atoms with Crippen molar-refractivity contribution in [3.05, 3.63) is 11.6 Å². The van der Waals surface area contributed by atoms with Crippen LogP contribution >= 0.6 is 0 Å². The molecule has 1 unspecified atom stereocenters.